The van der Waals surface area contributed by atoms with Gasteiger partial charge in [-0.2, -0.15) is 0 Å². The Morgan fingerprint density at radius 3 is 2.88 bits per heavy atom. The lowest BCUT2D eigenvalue weighted by Crippen LogP contribution is -2.43. The standard InChI is InChI=1S/C13H19ClN2O/c14-10-3-1-2-9(6-10)7-12(15)13(17)8-16-11-4-5-11/h1-3,6,11-13,16-17H,4-5,7-8,15H2/t12-,13+/m0/s1. The molecule has 0 aromatic heterocycles. The first-order valence-electron chi connectivity index (χ1n) is 6.06. The van der Waals surface area contributed by atoms with Crippen molar-refractivity contribution in [2.75, 3.05) is 6.54 Å². The van der Waals surface area contributed by atoms with Gasteiger partial charge in [-0.05, 0) is 37.0 Å². The Hall–Kier alpha value is -0.610. The molecule has 0 aliphatic heterocycles. The van der Waals surface area contributed by atoms with Crippen molar-refractivity contribution in [3.8, 4) is 0 Å². The van der Waals surface area contributed by atoms with E-state index in [1.807, 2.05) is 24.3 Å². The zero-order valence-corrected chi connectivity index (χ0v) is 10.5. The number of aliphatic hydroxyl groups excluding tert-OH is 1. The van der Waals surface area contributed by atoms with Crippen LogP contribution in [0.2, 0.25) is 5.02 Å². The van der Waals surface area contributed by atoms with Gasteiger partial charge in [0.1, 0.15) is 0 Å². The Labute approximate surface area is 107 Å². The quantitative estimate of drug-likeness (QED) is 0.718. The molecular formula is C13H19ClN2O. The average Bonchev–Trinajstić information content (AvgIpc) is 3.09. The van der Waals surface area contributed by atoms with Crippen LogP contribution >= 0.6 is 11.6 Å². The SMILES string of the molecule is N[C@@H](Cc1cccc(Cl)c1)[C@H](O)CNC1CC1. The molecule has 0 radical (unpaired) electrons. The summed E-state index contributed by atoms with van der Waals surface area (Å²) < 4.78 is 0. The van der Waals surface area contributed by atoms with Crippen LogP contribution in [0.15, 0.2) is 24.3 Å². The number of hydrogen-bond donors (Lipinski definition) is 3. The lowest BCUT2D eigenvalue weighted by molar-refractivity contribution is 0.141. The third-order valence-electron chi connectivity index (χ3n) is 3.05. The second-order valence-electron chi connectivity index (χ2n) is 4.75. The Kier molecular flexibility index (Phi) is 4.40. The highest BCUT2D eigenvalue weighted by molar-refractivity contribution is 6.30. The number of hydrogen-bond acceptors (Lipinski definition) is 3. The maximum absolute atomic E-state index is 9.90. The summed E-state index contributed by atoms with van der Waals surface area (Å²) in [7, 11) is 0. The van der Waals surface area contributed by atoms with Gasteiger partial charge in [-0.1, -0.05) is 23.7 Å². The van der Waals surface area contributed by atoms with Gasteiger partial charge in [0.15, 0.2) is 0 Å². The topological polar surface area (TPSA) is 58.3 Å². The van der Waals surface area contributed by atoms with E-state index in [0.717, 1.165) is 5.56 Å². The van der Waals surface area contributed by atoms with Crippen molar-refractivity contribution in [2.45, 2.75) is 37.5 Å². The van der Waals surface area contributed by atoms with Crippen LogP contribution in [-0.2, 0) is 6.42 Å². The minimum atomic E-state index is -0.505. The van der Waals surface area contributed by atoms with Gasteiger partial charge >= 0.3 is 0 Å². The van der Waals surface area contributed by atoms with Crippen molar-refractivity contribution in [3.05, 3.63) is 34.9 Å². The molecule has 0 heterocycles. The average molecular weight is 255 g/mol. The number of rotatable bonds is 6. The van der Waals surface area contributed by atoms with E-state index >= 15 is 0 Å². The van der Waals surface area contributed by atoms with Gasteiger partial charge in [-0.3, -0.25) is 0 Å². The van der Waals surface area contributed by atoms with E-state index in [1.165, 1.54) is 12.8 Å². The summed E-state index contributed by atoms with van der Waals surface area (Å²) in [5.74, 6) is 0. The van der Waals surface area contributed by atoms with Crippen molar-refractivity contribution in [1.82, 2.24) is 5.32 Å². The van der Waals surface area contributed by atoms with E-state index in [-0.39, 0.29) is 6.04 Å². The fourth-order valence-corrected chi connectivity index (χ4v) is 2.01. The normalized spacial score (nSPS) is 19.0. The molecule has 94 valence electrons. The second kappa shape index (κ2) is 5.83. The molecule has 1 aliphatic carbocycles. The van der Waals surface area contributed by atoms with Crippen LogP contribution in [0.25, 0.3) is 0 Å². The monoisotopic (exact) mass is 254 g/mol. The number of benzene rings is 1. The first kappa shape index (κ1) is 12.8. The van der Waals surface area contributed by atoms with Crippen LogP contribution in [0, 0.1) is 0 Å². The number of halogens is 1. The Morgan fingerprint density at radius 1 is 1.47 bits per heavy atom. The Balaban J connectivity index is 1.80. The number of nitrogens with one attached hydrogen (secondary N) is 1. The molecule has 2 rings (SSSR count). The van der Waals surface area contributed by atoms with Crippen LogP contribution in [0.5, 0.6) is 0 Å². The lowest BCUT2D eigenvalue weighted by atomic mass is 10.0. The van der Waals surface area contributed by atoms with Crippen molar-refractivity contribution < 1.29 is 5.11 Å². The molecule has 1 fully saturated rings. The maximum atomic E-state index is 9.90. The predicted octanol–water partition coefficient (Wildman–Crippen LogP) is 1.32. The van der Waals surface area contributed by atoms with Crippen LogP contribution in [0.4, 0.5) is 0 Å². The molecule has 0 unspecified atom stereocenters. The second-order valence-corrected chi connectivity index (χ2v) is 5.18. The molecule has 1 aromatic rings. The molecule has 0 bridgehead atoms. The molecule has 1 aliphatic rings. The molecule has 1 aromatic carbocycles. The first-order chi connectivity index (χ1) is 8.15. The van der Waals surface area contributed by atoms with Crippen molar-refractivity contribution >= 4 is 11.6 Å². The minimum Gasteiger partial charge on any atom is -0.390 e. The fraction of sp³-hybridized carbons (Fsp3) is 0.538. The maximum Gasteiger partial charge on any atom is 0.0818 e. The molecule has 4 N–H and O–H groups in total. The van der Waals surface area contributed by atoms with Gasteiger partial charge in [-0.15, -0.1) is 0 Å². The van der Waals surface area contributed by atoms with Crippen molar-refractivity contribution in [1.29, 1.82) is 0 Å². The van der Waals surface area contributed by atoms with E-state index in [2.05, 4.69) is 5.32 Å². The predicted molar refractivity (Wildman–Crippen MR) is 70.2 cm³/mol. The molecule has 1 saturated carbocycles. The van der Waals surface area contributed by atoms with Crippen molar-refractivity contribution in [2.24, 2.45) is 5.73 Å². The highest BCUT2D eigenvalue weighted by Gasteiger charge is 2.23. The van der Waals surface area contributed by atoms with E-state index in [0.29, 0.717) is 24.0 Å². The molecular weight excluding hydrogens is 236 g/mol. The van der Waals surface area contributed by atoms with Crippen LogP contribution in [0.3, 0.4) is 0 Å². The van der Waals surface area contributed by atoms with Crippen LogP contribution < -0.4 is 11.1 Å². The van der Waals surface area contributed by atoms with E-state index in [1.54, 1.807) is 0 Å². The summed E-state index contributed by atoms with van der Waals surface area (Å²) >= 11 is 5.90. The largest absolute Gasteiger partial charge is 0.390 e. The Bertz CT molecular complexity index is 368. The summed E-state index contributed by atoms with van der Waals surface area (Å²) in [6.07, 6.45) is 2.58. The Morgan fingerprint density at radius 2 is 2.24 bits per heavy atom. The van der Waals surface area contributed by atoms with Crippen LogP contribution in [-0.4, -0.2) is 29.8 Å². The van der Waals surface area contributed by atoms with Gasteiger partial charge in [0.05, 0.1) is 6.10 Å². The number of nitrogens with two attached hydrogens (primary N) is 1. The van der Waals surface area contributed by atoms with Gasteiger partial charge in [0.25, 0.3) is 0 Å². The van der Waals surface area contributed by atoms with Gasteiger partial charge < -0.3 is 16.2 Å². The van der Waals surface area contributed by atoms with E-state index in [9.17, 15) is 5.11 Å². The molecule has 3 nitrogen and oxygen atoms in total. The third kappa shape index (κ3) is 4.28. The molecule has 0 spiro atoms. The van der Waals surface area contributed by atoms with Gasteiger partial charge in [0.2, 0.25) is 0 Å². The number of aliphatic hydroxyl groups is 1. The summed E-state index contributed by atoms with van der Waals surface area (Å²) in [6.45, 7) is 0.576. The fourth-order valence-electron chi connectivity index (χ4n) is 1.80. The smallest absolute Gasteiger partial charge is 0.0818 e. The van der Waals surface area contributed by atoms with E-state index in [4.69, 9.17) is 17.3 Å². The molecule has 2 atom stereocenters. The van der Waals surface area contributed by atoms with Crippen molar-refractivity contribution in [3.63, 3.8) is 0 Å². The summed E-state index contributed by atoms with van der Waals surface area (Å²) in [6, 6.07) is 7.96. The zero-order chi connectivity index (χ0) is 12.3. The summed E-state index contributed by atoms with van der Waals surface area (Å²) in [5, 5.41) is 13.9. The van der Waals surface area contributed by atoms with Gasteiger partial charge in [-0.25, -0.2) is 0 Å². The molecule has 17 heavy (non-hydrogen) atoms. The third-order valence-corrected chi connectivity index (χ3v) is 3.28. The van der Waals surface area contributed by atoms with E-state index < -0.39 is 6.10 Å². The van der Waals surface area contributed by atoms with Gasteiger partial charge in [0, 0.05) is 23.7 Å². The van der Waals surface area contributed by atoms with Crippen LogP contribution in [0.1, 0.15) is 18.4 Å². The summed E-state index contributed by atoms with van der Waals surface area (Å²) in [5.41, 5.74) is 7.04. The lowest BCUT2D eigenvalue weighted by Gasteiger charge is -2.19. The molecule has 4 heteroatoms. The first-order valence-corrected chi connectivity index (χ1v) is 6.44. The molecule has 0 saturated heterocycles. The molecule has 0 amide bonds. The zero-order valence-electron chi connectivity index (χ0n) is 9.77. The summed E-state index contributed by atoms with van der Waals surface area (Å²) in [4.78, 5) is 0. The highest BCUT2D eigenvalue weighted by Crippen LogP contribution is 2.18. The highest BCUT2D eigenvalue weighted by atomic mass is 35.5. The minimum absolute atomic E-state index is 0.250.